The summed E-state index contributed by atoms with van der Waals surface area (Å²) in [7, 11) is 0. The number of hydrogen-bond donors (Lipinski definition) is 3. The number of rotatable bonds is 9. The predicted molar refractivity (Wildman–Crippen MR) is 81.4 cm³/mol. The van der Waals surface area contributed by atoms with E-state index in [2.05, 4.69) is 34.8 Å². The molecule has 1 unspecified atom stereocenters. The fourth-order valence-electron chi connectivity index (χ4n) is 1.73. The Labute approximate surface area is 117 Å². The van der Waals surface area contributed by atoms with Crippen LogP contribution in [-0.4, -0.2) is 37.5 Å². The van der Waals surface area contributed by atoms with Crippen molar-refractivity contribution in [3.05, 3.63) is 0 Å². The first kappa shape index (κ1) is 17.7. The van der Waals surface area contributed by atoms with Crippen molar-refractivity contribution in [3.63, 3.8) is 0 Å². The van der Waals surface area contributed by atoms with E-state index in [9.17, 15) is 4.79 Å². The minimum Gasteiger partial charge on any atom is -0.357 e. The lowest BCUT2D eigenvalue weighted by Gasteiger charge is -2.17. The minimum atomic E-state index is -0.0129. The van der Waals surface area contributed by atoms with Gasteiger partial charge in [0.1, 0.15) is 0 Å². The Morgan fingerprint density at radius 3 is 2.53 bits per heavy atom. The molecule has 0 aliphatic heterocycles. The van der Waals surface area contributed by atoms with Crippen LogP contribution in [0.3, 0.4) is 0 Å². The topological polar surface area (TPSA) is 65.5 Å². The van der Waals surface area contributed by atoms with E-state index < -0.39 is 0 Å². The van der Waals surface area contributed by atoms with E-state index >= 15 is 0 Å². The average Bonchev–Trinajstić information content (AvgIpc) is 2.35. The Hall–Kier alpha value is -1.26. The number of hydrogen-bond acceptors (Lipinski definition) is 2. The summed E-state index contributed by atoms with van der Waals surface area (Å²) in [5, 5.41) is 9.35. The lowest BCUT2D eigenvalue weighted by Crippen LogP contribution is -2.42. The largest absolute Gasteiger partial charge is 0.357 e. The number of nitrogens with one attached hydrogen (secondary N) is 3. The smallest absolute Gasteiger partial charge is 0.216 e. The van der Waals surface area contributed by atoms with Crippen molar-refractivity contribution in [2.45, 2.75) is 59.4 Å². The summed E-state index contributed by atoms with van der Waals surface area (Å²) in [6, 6.07) is 0.421. The molecular formula is C14H30N4O. The maximum absolute atomic E-state index is 10.7. The SMILES string of the molecule is CCCCCC(C)NC(=NCCNC(C)=O)NCC. The lowest BCUT2D eigenvalue weighted by molar-refractivity contribution is -0.118. The molecule has 19 heavy (non-hydrogen) atoms. The highest BCUT2D eigenvalue weighted by Gasteiger charge is 2.04. The van der Waals surface area contributed by atoms with Gasteiger partial charge in [0.15, 0.2) is 5.96 Å². The molecule has 0 aliphatic carbocycles. The van der Waals surface area contributed by atoms with Gasteiger partial charge in [0.05, 0.1) is 6.54 Å². The zero-order valence-electron chi connectivity index (χ0n) is 12.9. The molecule has 0 rings (SSSR count). The molecule has 0 radical (unpaired) electrons. The Morgan fingerprint density at radius 1 is 1.21 bits per heavy atom. The molecule has 5 heteroatoms. The average molecular weight is 270 g/mol. The second kappa shape index (κ2) is 11.8. The Morgan fingerprint density at radius 2 is 1.95 bits per heavy atom. The monoisotopic (exact) mass is 270 g/mol. The van der Waals surface area contributed by atoms with Crippen LogP contribution in [0.2, 0.25) is 0 Å². The van der Waals surface area contributed by atoms with Crippen LogP contribution >= 0.6 is 0 Å². The van der Waals surface area contributed by atoms with Gasteiger partial charge >= 0.3 is 0 Å². The number of aliphatic imine (C=N–C) groups is 1. The quantitative estimate of drug-likeness (QED) is 0.339. The standard InChI is InChI=1S/C14H30N4O/c1-5-7-8-9-12(3)18-14(15-6-2)17-11-10-16-13(4)19/h12H,5-11H2,1-4H3,(H,16,19)(H2,15,17,18). The summed E-state index contributed by atoms with van der Waals surface area (Å²) < 4.78 is 0. The van der Waals surface area contributed by atoms with Crippen molar-refractivity contribution < 1.29 is 4.79 Å². The van der Waals surface area contributed by atoms with E-state index in [1.165, 1.54) is 26.2 Å². The normalized spacial score (nSPS) is 12.9. The van der Waals surface area contributed by atoms with Crippen LogP contribution in [0.1, 0.15) is 53.4 Å². The Balaban J connectivity index is 4.00. The molecule has 0 heterocycles. The van der Waals surface area contributed by atoms with Gasteiger partial charge in [-0.15, -0.1) is 0 Å². The van der Waals surface area contributed by atoms with E-state index in [1.54, 1.807) is 0 Å². The molecule has 0 fully saturated rings. The molecule has 0 saturated carbocycles. The van der Waals surface area contributed by atoms with E-state index in [0.717, 1.165) is 18.9 Å². The third-order valence-electron chi connectivity index (χ3n) is 2.72. The Kier molecular flexibility index (Phi) is 11.0. The first-order valence-corrected chi connectivity index (χ1v) is 7.39. The lowest BCUT2D eigenvalue weighted by atomic mass is 10.1. The molecular weight excluding hydrogens is 240 g/mol. The van der Waals surface area contributed by atoms with Crippen molar-refractivity contribution in [2.24, 2.45) is 4.99 Å². The summed E-state index contributed by atoms with van der Waals surface area (Å²) >= 11 is 0. The van der Waals surface area contributed by atoms with Gasteiger partial charge in [0.2, 0.25) is 5.91 Å². The fourth-order valence-corrected chi connectivity index (χ4v) is 1.73. The molecule has 3 N–H and O–H groups in total. The second-order valence-electron chi connectivity index (χ2n) is 4.78. The van der Waals surface area contributed by atoms with Crippen LogP contribution in [0.4, 0.5) is 0 Å². The molecule has 0 bridgehead atoms. The number of carbonyl (C=O) groups excluding carboxylic acids is 1. The molecule has 1 atom stereocenters. The minimum absolute atomic E-state index is 0.0129. The molecule has 1 amide bonds. The van der Waals surface area contributed by atoms with Crippen LogP contribution in [-0.2, 0) is 4.79 Å². The summed E-state index contributed by atoms with van der Waals surface area (Å²) in [5.41, 5.74) is 0. The van der Waals surface area contributed by atoms with Crippen LogP contribution < -0.4 is 16.0 Å². The van der Waals surface area contributed by atoms with E-state index in [1.807, 2.05) is 6.92 Å². The molecule has 0 aromatic rings. The third-order valence-corrected chi connectivity index (χ3v) is 2.72. The summed E-state index contributed by atoms with van der Waals surface area (Å²) in [6.45, 7) is 9.97. The predicted octanol–water partition coefficient (Wildman–Crippen LogP) is 1.65. The van der Waals surface area contributed by atoms with Crippen molar-refractivity contribution >= 4 is 11.9 Å². The summed E-state index contributed by atoms with van der Waals surface area (Å²) in [5.74, 6) is 0.818. The number of carbonyl (C=O) groups is 1. The number of guanidine groups is 1. The van der Waals surface area contributed by atoms with E-state index in [-0.39, 0.29) is 5.91 Å². The molecule has 5 nitrogen and oxygen atoms in total. The summed E-state index contributed by atoms with van der Waals surface area (Å²) in [4.78, 5) is 15.2. The zero-order valence-corrected chi connectivity index (χ0v) is 12.9. The van der Waals surface area contributed by atoms with Gasteiger partial charge in [-0.05, 0) is 20.3 Å². The number of unbranched alkanes of at least 4 members (excludes halogenated alkanes) is 2. The van der Waals surface area contributed by atoms with Crippen molar-refractivity contribution in [2.75, 3.05) is 19.6 Å². The van der Waals surface area contributed by atoms with Gasteiger partial charge in [-0.25, -0.2) is 0 Å². The van der Waals surface area contributed by atoms with Gasteiger partial charge in [-0.1, -0.05) is 26.2 Å². The highest BCUT2D eigenvalue weighted by molar-refractivity contribution is 5.80. The molecule has 0 spiro atoms. The number of nitrogens with zero attached hydrogens (tertiary/aromatic N) is 1. The van der Waals surface area contributed by atoms with E-state index in [4.69, 9.17) is 0 Å². The van der Waals surface area contributed by atoms with Crippen molar-refractivity contribution in [1.29, 1.82) is 0 Å². The molecule has 112 valence electrons. The maximum atomic E-state index is 10.7. The Bertz CT molecular complexity index is 266. The van der Waals surface area contributed by atoms with E-state index in [0.29, 0.717) is 19.1 Å². The van der Waals surface area contributed by atoms with Gasteiger partial charge in [0, 0.05) is 26.1 Å². The number of amides is 1. The molecule has 0 aromatic carbocycles. The second-order valence-corrected chi connectivity index (χ2v) is 4.78. The molecule has 0 saturated heterocycles. The van der Waals surface area contributed by atoms with Crippen molar-refractivity contribution in [1.82, 2.24) is 16.0 Å². The third kappa shape index (κ3) is 11.6. The van der Waals surface area contributed by atoms with Crippen LogP contribution in [0.25, 0.3) is 0 Å². The highest BCUT2D eigenvalue weighted by Crippen LogP contribution is 2.02. The van der Waals surface area contributed by atoms with Crippen LogP contribution in [0.5, 0.6) is 0 Å². The van der Waals surface area contributed by atoms with Gasteiger partial charge in [0.25, 0.3) is 0 Å². The fraction of sp³-hybridized carbons (Fsp3) is 0.857. The molecule has 0 aromatic heterocycles. The zero-order chi connectivity index (χ0) is 14.5. The van der Waals surface area contributed by atoms with Crippen LogP contribution in [0.15, 0.2) is 4.99 Å². The summed E-state index contributed by atoms with van der Waals surface area (Å²) in [6.07, 6.45) is 4.93. The first-order chi connectivity index (χ1) is 9.10. The highest BCUT2D eigenvalue weighted by atomic mass is 16.1. The van der Waals surface area contributed by atoms with Gasteiger partial charge in [-0.3, -0.25) is 9.79 Å². The van der Waals surface area contributed by atoms with Gasteiger partial charge in [-0.2, -0.15) is 0 Å². The van der Waals surface area contributed by atoms with Crippen molar-refractivity contribution in [3.8, 4) is 0 Å². The maximum Gasteiger partial charge on any atom is 0.216 e. The first-order valence-electron chi connectivity index (χ1n) is 7.39. The van der Waals surface area contributed by atoms with Gasteiger partial charge < -0.3 is 16.0 Å². The van der Waals surface area contributed by atoms with Crippen LogP contribution in [0, 0.1) is 0 Å². The molecule has 0 aliphatic rings.